The second kappa shape index (κ2) is 11.5. The molecule has 1 saturated heterocycles. The Balaban J connectivity index is 1.82. The number of hydrogen-bond acceptors (Lipinski definition) is 7. The van der Waals surface area contributed by atoms with Crippen molar-refractivity contribution >= 4 is 16.1 Å². The van der Waals surface area contributed by atoms with Crippen LogP contribution in [0.4, 0.5) is 0 Å². The highest BCUT2D eigenvalue weighted by atomic mass is 31.1. The molecule has 0 N–H and O–H groups in total. The maximum Gasteiger partial charge on any atom is 0.488 e. The average molecular weight is 506 g/mol. The third-order valence-electron chi connectivity index (χ3n) is 6.58. The van der Waals surface area contributed by atoms with E-state index in [9.17, 15) is 9.46 Å². The lowest BCUT2D eigenvalue weighted by Gasteiger charge is -2.37. The molecule has 1 heterocycles. The fourth-order valence-corrected chi connectivity index (χ4v) is 5.13. The third kappa shape index (κ3) is 5.34. The molecule has 2 unspecified atom stereocenters. The molecule has 0 aromatic heterocycles. The fraction of sp³-hybridized carbons (Fsp3) is 0.333. The minimum atomic E-state index is -3.08. The Hall–Kier alpha value is -2.74. The summed E-state index contributed by atoms with van der Waals surface area (Å²) in [6.45, 7) is 1.82. The molecule has 3 aromatic rings. The number of benzene rings is 3. The molecular formula is C27H28BO7P. The Labute approximate surface area is 213 Å². The normalized spacial score (nSPS) is 22.3. The third-order valence-corrected chi connectivity index (χ3v) is 7.00. The van der Waals surface area contributed by atoms with Crippen LogP contribution in [0.25, 0.3) is 0 Å². The first-order valence-corrected chi connectivity index (χ1v) is 12.7. The second-order valence-corrected chi connectivity index (χ2v) is 9.27. The van der Waals surface area contributed by atoms with Gasteiger partial charge in [0.2, 0.25) is 0 Å². The van der Waals surface area contributed by atoms with E-state index in [2.05, 4.69) is 0 Å². The molecule has 1 aliphatic heterocycles. The lowest BCUT2D eigenvalue weighted by Crippen LogP contribution is -2.39. The van der Waals surface area contributed by atoms with Crippen molar-refractivity contribution in [3.8, 4) is 11.5 Å². The van der Waals surface area contributed by atoms with Crippen molar-refractivity contribution in [1.82, 2.24) is 0 Å². The van der Waals surface area contributed by atoms with E-state index >= 15 is 0 Å². The number of hydrogen-bond donors (Lipinski definition) is 0. The molecule has 0 aliphatic carbocycles. The zero-order chi connectivity index (χ0) is 25.7. The van der Waals surface area contributed by atoms with E-state index in [1.54, 1.807) is 21.1 Å². The van der Waals surface area contributed by atoms with Gasteiger partial charge in [0.25, 0.3) is 0 Å². The molecule has 1 aliphatic rings. The summed E-state index contributed by atoms with van der Waals surface area (Å²) in [6, 6.07) is 24.4. The van der Waals surface area contributed by atoms with Gasteiger partial charge in [0.1, 0.15) is 37.2 Å². The summed E-state index contributed by atoms with van der Waals surface area (Å²) in [5.74, 6) is 1.09. The van der Waals surface area contributed by atoms with Gasteiger partial charge in [0.05, 0.1) is 20.8 Å². The smallest absolute Gasteiger partial charge is 0.488 e. The maximum atomic E-state index is 11.4. The van der Waals surface area contributed by atoms with Crippen molar-refractivity contribution in [2.75, 3.05) is 20.8 Å². The van der Waals surface area contributed by atoms with Crippen molar-refractivity contribution in [3.63, 3.8) is 0 Å². The second-order valence-electron chi connectivity index (χ2n) is 8.61. The van der Waals surface area contributed by atoms with Crippen LogP contribution in [0.5, 0.6) is 11.5 Å². The van der Waals surface area contributed by atoms with Gasteiger partial charge in [-0.2, -0.15) is 0 Å². The largest absolute Gasteiger partial charge is 0.566 e. The van der Waals surface area contributed by atoms with Gasteiger partial charge in [-0.3, -0.25) is 0 Å². The Morgan fingerprint density at radius 1 is 0.889 bits per heavy atom. The van der Waals surface area contributed by atoms with Crippen LogP contribution in [0.3, 0.4) is 0 Å². The molecule has 5 atom stereocenters. The van der Waals surface area contributed by atoms with Crippen molar-refractivity contribution in [1.29, 1.82) is 0 Å². The SMILES string of the molecule is [B][C@@H]1O[C@H](COC(c2ccccc2)(c2ccc(OC)cc2)c2ccc(OC)cc2)[C@H](O[P+](=O)[O-])C1C. The maximum absolute atomic E-state index is 11.4. The van der Waals surface area contributed by atoms with Gasteiger partial charge in [-0.05, 0) is 45.5 Å². The van der Waals surface area contributed by atoms with Crippen LogP contribution < -0.4 is 14.4 Å². The monoisotopic (exact) mass is 506 g/mol. The predicted octanol–water partition coefficient (Wildman–Crippen LogP) is 3.94. The van der Waals surface area contributed by atoms with Crippen molar-refractivity contribution in [3.05, 3.63) is 95.6 Å². The lowest BCUT2D eigenvalue weighted by molar-refractivity contribution is -0.193. The average Bonchev–Trinajstić information content (AvgIpc) is 3.17. The first kappa shape index (κ1) is 26.3. The van der Waals surface area contributed by atoms with Crippen LogP contribution in [0.2, 0.25) is 0 Å². The van der Waals surface area contributed by atoms with E-state index < -0.39 is 32.1 Å². The summed E-state index contributed by atoms with van der Waals surface area (Å²) in [6.07, 6.45) is -1.45. The Morgan fingerprint density at radius 3 is 1.86 bits per heavy atom. The van der Waals surface area contributed by atoms with Gasteiger partial charge < -0.3 is 23.8 Å². The standard InChI is InChI=1S/C27H28BO7P/c1-18-25(35-36(29)30)24(34-26(18)28)17-33-27(19-7-5-4-6-8-19,20-9-13-22(31-2)14-10-20)21-11-15-23(32-3)16-12-21/h4-16,18,24-26H,17H2,1-3H3/t18?,24-,25-,26-/m1/s1. The molecule has 36 heavy (non-hydrogen) atoms. The molecule has 0 amide bonds. The number of rotatable bonds is 10. The van der Waals surface area contributed by atoms with E-state index in [0.717, 1.165) is 16.7 Å². The minimum Gasteiger partial charge on any atom is -0.566 e. The topological polar surface area (TPSA) is 86.3 Å². The summed E-state index contributed by atoms with van der Waals surface area (Å²) in [7, 11) is 6.23. The van der Waals surface area contributed by atoms with Crippen LogP contribution in [-0.2, 0) is 24.2 Å². The lowest BCUT2D eigenvalue weighted by atomic mass is 9.80. The molecule has 1 fully saturated rings. The van der Waals surface area contributed by atoms with Crippen LogP contribution in [-0.4, -0.2) is 46.9 Å². The molecule has 3 aromatic carbocycles. The van der Waals surface area contributed by atoms with Gasteiger partial charge in [-0.15, -0.1) is 4.52 Å². The molecule has 4 rings (SSSR count). The minimum absolute atomic E-state index is 0.0266. The van der Waals surface area contributed by atoms with E-state index in [1.807, 2.05) is 78.9 Å². The molecule has 9 heteroatoms. The molecule has 186 valence electrons. The highest BCUT2D eigenvalue weighted by molar-refractivity contribution is 7.30. The summed E-state index contributed by atoms with van der Waals surface area (Å²) in [5.41, 5.74) is 1.51. The van der Waals surface area contributed by atoms with Crippen LogP contribution in [0.15, 0.2) is 78.9 Å². The molecule has 2 radical (unpaired) electrons. The van der Waals surface area contributed by atoms with E-state index in [4.69, 9.17) is 31.3 Å². The number of ether oxygens (including phenoxy) is 4. The first-order chi connectivity index (χ1) is 17.4. The summed E-state index contributed by atoms with van der Waals surface area (Å²) in [5, 5.41) is 0. The van der Waals surface area contributed by atoms with Crippen molar-refractivity contribution in [2.45, 2.75) is 30.7 Å². The molecule has 7 nitrogen and oxygen atoms in total. The van der Waals surface area contributed by atoms with E-state index in [0.29, 0.717) is 11.5 Å². The Morgan fingerprint density at radius 2 is 1.39 bits per heavy atom. The van der Waals surface area contributed by atoms with Gasteiger partial charge in [0, 0.05) is 11.9 Å². The van der Waals surface area contributed by atoms with Gasteiger partial charge in [-0.1, -0.05) is 61.5 Å². The summed E-state index contributed by atoms with van der Waals surface area (Å²) in [4.78, 5) is 11.4. The summed E-state index contributed by atoms with van der Waals surface area (Å²) >= 11 is 0. The quantitative estimate of drug-likeness (QED) is 0.234. The zero-order valence-corrected chi connectivity index (χ0v) is 21.3. The molecule has 0 spiro atoms. The van der Waals surface area contributed by atoms with Crippen LogP contribution in [0, 0.1) is 5.92 Å². The first-order valence-electron chi connectivity index (χ1n) is 11.6. The van der Waals surface area contributed by atoms with Crippen LogP contribution in [0.1, 0.15) is 23.6 Å². The highest BCUT2D eigenvalue weighted by Crippen LogP contribution is 2.43. The van der Waals surface area contributed by atoms with Gasteiger partial charge >= 0.3 is 8.25 Å². The zero-order valence-electron chi connectivity index (χ0n) is 20.4. The van der Waals surface area contributed by atoms with Crippen molar-refractivity contribution in [2.24, 2.45) is 5.92 Å². The van der Waals surface area contributed by atoms with Gasteiger partial charge in [0.15, 0.2) is 0 Å². The summed E-state index contributed by atoms with van der Waals surface area (Å²) < 4.78 is 40.0. The molecule has 0 saturated carbocycles. The fourth-order valence-electron chi connectivity index (χ4n) is 4.61. The molecular weight excluding hydrogens is 478 g/mol. The molecule has 0 bridgehead atoms. The highest BCUT2D eigenvalue weighted by Gasteiger charge is 2.46. The van der Waals surface area contributed by atoms with E-state index in [-0.39, 0.29) is 12.5 Å². The number of methoxy groups -OCH3 is 2. The Kier molecular flexibility index (Phi) is 8.44. The van der Waals surface area contributed by atoms with Crippen molar-refractivity contribution < 1.29 is 32.9 Å². The predicted molar refractivity (Wildman–Crippen MR) is 134 cm³/mol. The van der Waals surface area contributed by atoms with E-state index in [1.165, 1.54) is 0 Å². The Bertz CT molecular complexity index is 1090. The van der Waals surface area contributed by atoms with Crippen LogP contribution >= 0.6 is 8.25 Å². The van der Waals surface area contributed by atoms with Gasteiger partial charge in [-0.25, -0.2) is 0 Å².